The predicted molar refractivity (Wildman–Crippen MR) is 129 cm³/mol. The first-order valence-corrected chi connectivity index (χ1v) is 10.7. The highest BCUT2D eigenvalue weighted by atomic mass is 19.1. The fraction of sp³-hybridized carbons (Fsp3) is 0.185. The maximum atomic E-state index is 13.3. The van der Waals surface area contributed by atoms with E-state index in [2.05, 4.69) is 11.9 Å². The Morgan fingerprint density at radius 1 is 0.909 bits per heavy atom. The van der Waals surface area contributed by atoms with Crippen LogP contribution in [0.2, 0.25) is 0 Å². The van der Waals surface area contributed by atoms with Gasteiger partial charge in [-0.05, 0) is 41.0 Å². The van der Waals surface area contributed by atoms with Crippen molar-refractivity contribution in [1.29, 1.82) is 0 Å². The molecular weight excluding hydrogens is 417 g/mol. The van der Waals surface area contributed by atoms with Gasteiger partial charge in [-0.25, -0.2) is 9.18 Å². The SMILES string of the molecule is C=CCNC(=O)N(Cc1ccc(F)cc1)c1cccc(CC(=O)N(C)Cc2ccccc2)c1. The molecule has 0 radical (unpaired) electrons. The van der Waals surface area contributed by atoms with E-state index in [0.717, 1.165) is 16.7 Å². The van der Waals surface area contributed by atoms with E-state index >= 15 is 0 Å². The fourth-order valence-electron chi connectivity index (χ4n) is 3.40. The molecule has 3 aromatic rings. The third-order valence-corrected chi connectivity index (χ3v) is 5.16. The van der Waals surface area contributed by atoms with Gasteiger partial charge in [-0.3, -0.25) is 9.69 Å². The van der Waals surface area contributed by atoms with E-state index in [1.165, 1.54) is 12.1 Å². The number of hydrogen-bond acceptors (Lipinski definition) is 2. The van der Waals surface area contributed by atoms with E-state index in [0.29, 0.717) is 18.8 Å². The summed E-state index contributed by atoms with van der Waals surface area (Å²) in [6, 6.07) is 22.9. The van der Waals surface area contributed by atoms with Crippen molar-refractivity contribution in [3.8, 4) is 0 Å². The molecule has 3 amide bonds. The van der Waals surface area contributed by atoms with Crippen molar-refractivity contribution in [1.82, 2.24) is 10.2 Å². The Balaban J connectivity index is 1.76. The Bertz CT molecular complexity index is 1080. The normalized spacial score (nSPS) is 10.4. The number of halogens is 1. The monoisotopic (exact) mass is 445 g/mol. The minimum atomic E-state index is -0.332. The molecule has 0 fully saturated rings. The van der Waals surface area contributed by atoms with Crippen LogP contribution in [0.3, 0.4) is 0 Å². The van der Waals surface area contributed by atoms with E-state index in [9.17, 15) is 14.0 Å². The van der Waals surface area contributed by atoms with Crippen LogP contribution in [0.4, 0.5) is 14.9 Å². The van der Waals surface area contributed by atoms with E-state index in [1.807, 2.05) is 54.6 Å². The number of carbonyl (C=O) groups is 2. The lowest BCUT2D eigenvalue weighted by Gasteiger charge is -2.24. The molecule has 170 valence electrons. The van der Waals surface area contributed by atoms with Gasteiger partial charge in [0.2, 0.25) is 5.91 Å². The number of anilines is 1. The lowest BCUT2D eigenvalue weighted by Crippen LogP contribution is -2.39. The van der Waals surface area contributed by atoms with E-state index in [4.69, 9.17) is 0 Å². The van der Waals surface area contributed by atoms with Crippen LogP contribution in [0, 0.1) is 5.82 Å². The molecule has 3 rings (SSSR count). The molecule has 0 aliphatic heterocycles. The molecule has 3 aromatic carbocycles. The van der Waals surface area contributed by atoms with Crippen LogP contribution in [-0.2, 0) is 24.3 Å². The molecule has 0 aromatic heterocycles. The molecule has 0 unspecified atom stereocenters. The largest absolute Gasteiger partial charge is 0.341 e. The van der Waals surface area contributed by atoms with Crippen molar-refractivity contribution in [3.63, 3.8) is 0 Å². The number of rotatable bonds is 9. The number of nitrogens with one attached hydrogen (secondary N) is 1. The fourth-order valence-corrected chi connectivity index (χ4v) is 3.40. The number of nitrogens with zero attached hydrogens (tertiary/aromatic N) is 2. The molecule has 0 heterocycles. The summed E-state index contributed by atoms with van der Waals surface area (Å²) in [6.07, 6.45) is 1.82. The summed E-state index contributed by atoms with van der Waals surface area (Å²) in [5.74, 6) is -0.348. The van der Waals surface area contributed by atoms with Crippen molar-refractivity contribution >= 4 is 17.6 Å². The molecule has 6 heteroatoms. The van der Waals surface area contributed by atoms with Gasteiger partial charge in [0.1, 0.15) is 5.82 Å². The predicted octanol–water partition coefficient (Wildman–Crippen LogP) is 4.93. The Hall–Kier alpha value is -3.93. The average Bonchev–Trinajstić information content (AvgIpc) is 2.83. The molecule has 5 nitrogen and oxygen atoms in total. The van der Waals surface area contributed by atoms with Gasteiger partial charge in [-0.15, -0.1) is 6.58 Å². The second kappa shape index (κ2) is 11.6. The molecule has 0 saturated heterocycles. The van der Waals surface area contributed by atoms with Crippen LogP contribution < -0.4 is 10.2 Å². The Morgan fingerprint density at radius 2 is 1.58 bits per heavy atom. The molecular formula is C27H28FN3O2. The minimum Gasteiger partial charge on any atom is -0.341 e. The lowest BCUT2D eigenvalue weighted by atomic mass is 10.1. The Labute approximate surface area is 194 Å². The van der Waals surface area contributed by atoms with Crippen molar-refractivity contribution < 1.29 is 14.0 Å². The van der Waals surface area contributed by atoms with Crippen LogP contribution in [-0.4, -0.2) is 30.4 Å². The van der Waals surface area contributed by atoms with Gasteiger partial charge in [-0.2, -0.15) is 0 Å². The quantitative estimate of drug-likeness (QED) is 0.475. The van der Waals surface area contributed by atoms with Gasteiger partial charge in [0, 0.05) is 25.8 Å². The number of urea groups is 1. The van der Waals surface area contributed by atoms with Gasteiger partial charge < -0.3 is 10.2 Å². The maximum absolute atomic E-state index is 13.3. The van der Waals surface area contributed by atoms with E-state index < -0.39 is 0 Å². The smallest absolute Gasteiger partial charge is 0.322 e. The number of benzene rings is 3. The second-order valence-corrected chi connectivity index (χ2v) is 7.77. The van der Waals surface area contributed by atoms with Gasteiger partial charge in [0.15, 0.2) is 0 Å². The van der Waals surface area contributed by atoms with Crippen LogP contribution in [0.1, 0.15) is 16.7 Å². The van der Waals surface area contributed by atoms with Crippen LogP contribution in [0.15, 0.2) is 91.5 Å². The first-order chi connectivity index (χ1) is 16.0. The highest BCUT2D eigenvalue weighted by Crippen LogP contribution is 2.20. The molecule has 0 aliphatic carbocycles. The summed E-state index contributed by atoms with van der Waals surface area (Å²) in [5.41, 5.74) is 3.30. The molecule has 1 N–H and O–H groups in total. The standard InChI is InChI=1S/C27H28FN3O2/c1-3-16-29-27(33)31(20-22-12-14-24(28)15-13-22)25-11-7-10-23(17-25)18-26(32)30(2)19-21-8-5-4-6-9-21/h3-15,17H,1,16,18-20H2,2H3,(H,29,33). The second-order valence-electron chi connectivity index (χ2n) is 7.77. The number of likely N-dealkylation sites (N-methyl/N-ethyl adjacent to an activating group) is 1. The van der Waals surface area contributed by atoms with Crippen molar-refractivity contribution in [3.05, 3.63) is 114 Å². The van der Waals surface area contributed by atoms with Crippen molar-refractivity contribution in [2.75, 3.05) is 18.5 Å². The van der Waals surface area contributed by atoms with Gasteiger partial charge in [0.05, 0.1) is 13.0 Å². The first kappa shape index (κ1) is 23.7. The Kier molecular flexibility index (Phi) is 8.36. The Morgan fingerprint density at radius 3 is 2.27 bits per heavy atom. The van der Waals surface area contributed by atoms with Gasteiger partial charge in [0.25, 0.3) is 0 Å². The molecule has 0 atom stereocenters. The van der Waals surface area contributed by atoms with E-state index in [1.54, 1.807) is 35.1 Å². The number of amides is 3. The van der Waals surface area contributed by atoms with Gasteiger partial charge >= 0.3 is 6.03 Å². The summed E-state index contributed by atoms with van der Waals surface area (Å²) < 4.78 is 13.3. The topological polar surface area (TPSA) is 52.7 Å². The molecule has 0 saturated carbocycles. The third kappa shape index (κ3) is 7.04. The van der Waals surface area contributed by atoms with Gasteiger partial charge in [-0.1, -0.05) is 60.7 Å². The van der Waals surface area contributed by atoms with E-state index in [-0.39, 0.29) is 30.7 Å². The zero-order chi connectivity index (χ0) is 23.6. The first-order valence-electron chi connectivity index (χ1n) is 10.7. The zero-order valence-electron chi connectivity index (χ0n) is 18.7. The number of hydrogen-bond donors (Lipinski definition) is 1. The summed E-state index contributed by atoms with van der Waals surface area (Å²) in [6.45, 7) is 4.74. The summed E-state index contributed by atoms with van der Waals surface area (Å²) in [5, 5.41) is 2.79. The summed E-state index contributed by atoms with van der Waals surface area (Å²) >= 11 is 0. The van der Waals surface area contributed by atoms with Crippen molar-refractivity contribution in [2.24, 2.45) is 0 Å². The molecule has 33 heavy (non-hydrogen) atoms. The van der Waals surface area contributed by atoms with Crippen molar-refractivity contribution in [2.45, 2.75) is 19.5 Å². The molecule has 0 aliphatic rings. The maximum Gasteiger partial charge on any atom is 0.322 e. The highest BCUT2D eigenvalue weighted by Gasteiger charge is 2.17. The zero-order valence-corrected chi connectivity index (χ0v) is 18.7. The summed E-state index contributed by atoms with van der Waals surface area (Å²) in [7, 11) is 1.78. The summed E-state index contributed by atoms with van der Waals surface area (Å²) in [4.78, 5) is 28.9. The third-order valence-electron chi connectivity index (χ3n) is 5.16. The number of carbonyl (C=O) groups excluding carboxylic acids is 2. The molecule has 0 bridgehead atoms. The van der Waals surface area contributed by atoms with Crippen LogP contribution in [0.5, 0.6) is 0 Å². The lowest BCUT2D eigenvalue weighted by molar-refractivity contribution is -0.129. The average molecular weight is 446 g/mol. The van der Waals surface area contributed by atoms with Crippen LogP contribution in [0.25, 0.3) is 0 Å². The molecule has 0 spiro atoms. The van der Waals surface area contributed by atoms with Crippen LogP contribution >= 0.6 is 0 Å². The minimum absolute atomic E-state index is 0.0165. The highest BCUT2D eigenvalue weighted by molar-refractivity contribution is 5.92.